The average Bonchev–Trinajstić information content (AvgIpc) is 2.88. The van der Waals surface area contributed by atoms with E-state index >= 15 is 0 Å². The number of benzene rings is 2. The average molecular weight is 292 g/mol. The highest BCUT2D eigenvalue weighted by Crippen LogP contribution is 2.25. The van der Waals surface area contributed by atoms with Crippen LogP contribution in [0.4, 0.5) is 10.1 Å². The Labute approximate surface area is 119 Å². The molecule has 3 aromatic rings. The molecule has 0 saturated carbocycles. The smallest absolute Gasteiger partial charge is 0.142 e. The molecule has 0 fully saturated rings. The quantitative estimate of drug-likeness (QED) is 0.690. The molecular weight excluding hydrogens is 281 g/mol. The molecule has 0 amide bonds. The molecule has 19 heavy (non-hydrogen) atoms. The van der Waals surface area contributed by atoms with Crippen LogP contribution in [0.25, 0.3) is 10.1 Å². The first kappa shape index (κ1) is 12.5. The second-order valence-electron chi connectivity index (χ2n) is 4.24. The second kappa shape index (κ2) is 5.19. The minimum atomic E-state index is -0.380. The van der Waals surface area contributed by atoms with Crippen LogP contribution in [0.2, 0.25) is 5.02 Å². The Bertz CT molecular complexity index is 723. The maximum Gasteiger partial charge on any atom is 0.142 e. The Morgan fingerprint density at radius 2 is 2.05 bits per heavy atom. The van der Waals surface area contributed by atoms with Crippen molar-refractivity contribution in [1.82, 2.24) is 0 Å². The molecule has 3 rings (SSSR count). The van der Waals surface area contributed by atoms with Gasteiger partial charge in [0.15, 0.2) is 0 Å². The highest BCUT2D eigenvalue weighted by molar-refractivity contribution is 7.17. The molecule has 0 aliphatic carbocycles. The van der Waals surface area contributed by atoms with Crippen LogP contribution in [0.15, 0.2) is 47.8 Å². The first-order valence-electron chi connectivity index (χ1n) is 5.88. The van der Waals surface area contributed by atoms with Crippen LogP contribution in [0, 0.1) is 5.82 Å². The molecule has 2 aromatic carbocycles. The summed E-state index contributed by atoms with van der Waals surface area (Å²) in [6, 6.07) is 13.1. The van der Waals surface area contributed by atoms with Crippen molar-refractivity contribution >= 4 is 38.7 Å². The number of halogens is 2. The number of nitrogens with one attached hydrogen (secondary N) is 1. The van der Waals surface area contributed by atoms with Crippen LogP contribution >= 0.6 is 22.9 Å². The van der Waals surface area contributed by atoms with E-state index in [-0.39, 0.29) is 10.8 Å². The third kappa shape index (κ3) is 2.57. The molecule has 1 nitrogen and oxygen atoms in total. The maximum atomic E-state index is 13.3. The highest BCUT2D eigenvalue weighted by Gasteiger charge is 2.05. The summed E-state index contributed by atoms with van der Waals surface area (Å²) in [4.78, 5) is 0. The lowest BCUT2D eigenvalue weighted by Gasteiger charge is -2.08. The van der Waals surface area contributed by atoms with Crippen LogP contribution in [-0.4, -0.2) is 0 Å². The molecule has 0 radical (unpaired) electrons. The molecule has 96 valence electrons. The third-order valence-electron chi connectivity index (χ3n) is 2.97. The van der Waals surface area contributed by atoms with Gasteiger partial charge in [-0.05, 0) is 46.7 Å². The van der Waals surface area contributed by atoms with E-state index in [9.17, 15) is 4.39 Å². The lowest BCUT2D eigenvalue weighted by atomic mass is 10.2. The van der Waals surface area contributed by atoms with E-state index in [1.165, 1.54) is 16.2 Å². The van der Waals surface area contributed by atoms with Gasteiger partial charge in [-0.2, -0.15) is 0 Å². The van der Waals surface area contributed by atoms with Gasteiger partial charge in [0, 0.05) is 16.9 Å². The summed E-state index contributed by atoms with van der Waals surface area (Å²) in [7, 11) is 0. The number of rotatable bonds is 3. The Balaban J connectivity index is 1.80. The number of thiophene rings is 1. The van der Waals surface area contributed by atoms with Gasteiger partial charge in [-0.3, -0.25) is 0 Å². The molecule has 0 atom stereocenters. The van der Waals surface area contributed by atoms with E-state index in [1.807, 2.05) is 12.1 Å². The summed E-state index contributed by atoms with van der Waals surface area (Å²) >= 11 is 7.64. The summed E-state index contributed by atoms with van der Waals surface area (Å²) in [5.74, 6) is -0.380. The fourth-order valence-corrected chi connectivity index (χ4v) is 2.92. The van der Waals surface area contributed by atoms with Gasteiger partial charge < -0.3 is 5.32 Å². The van der Waals surface area contributed by atoms with Crippen molar-refractivity contribution in [1.29, 1.82) is 0 Å². The van der Waals surface area contributed by atoms with Gasteiger partial charge in [0.2, 0.25) is 0 Å². The molecule has 4 heteroatoms. The first-order valence-corrected chi connectivity index (χ1v) is 7.14. The minimum absolute atomic E-state index is 0.187. The molecule has 0 unspecified atom stereocenters. The van der Waals surface area contributed by atoms with E-state index < -0.39 is 0 Å². The molecule has 1 N–H and O–H groups in total. The SMILES string of the molecule is Fc1cccc(CNc2ccc3sccc3c2)c1Cl. The molecule has 1 aromatic heterocycles. The Kier molecular flexibility index (Phi) is 3.40. The van der Waals surface area contributed by atoms with Gasteiger partial charge in [0.05, 0.1) is 5.02 Å². The van der Waals surface area contributed by atoms with E-state index in [0.717, 1.165) is 11.3 Å². The molecule has 0 bridgehead atoms. The number of hydrogen-bond donors (Lipinski definition) is 1. The fraction of sp³-hybridized carbons (Fsp3) is 0.0667. The van der Waals surface area contributed by atoms with Crippen molar-refractivity contribution in [3.63, 3.8) is 0 Å². The maximum absolute atomic E-state index is 13.3. The number of anilines is 1. The zero-order chi connectivity index (χ0) is 13.2. The Morgan fingerprint density at radius 1 is 1.16 bits per heavy atom. The van der Waals surface area contributed by atoms with Gasteiger partial charge in [-0.15, -0.1) is 11.3 Å². The van der Waals surface area contributed by atoms with Crippen molar-refractivity contribution in [3.8, 4) is 0 Å². The van der Waals surface area contributed by atoms with Crippen LogP contribution in [-0.2, 0) is 6.54 Å². The van der Waals surface area contributed by atoms with Crippen LogP contribution in [0.1, 0.15) is 5.56 Å². The normalized spacial score (nSPS) is 10.8. The van der Waals surface area contributed by atoms with E-state index in [4.69, 9.17) is 11.6 Å². The molecule has 0 saturated heterocycles. The topological polar surface area (TPSA) is 12.0 Å². The second-order valence-corrected chi connectivity index (χ2v) is 5.57. The monoisotopic (exact) mass is 291 g/mol. The fourth-order valence-electron chi connectivity index (χ4n) is 1.96. The standard InChI is InChI=1S/C15H11ClFNS/c16-15-11(2-1-3-13(15)17)9-18-12-4-5-14-10(8-12)6-7-19-14/h1-8,18H,9H2. The van der Waals surface area contributed by atoms with Gasteiger partial charge in [0.1, 0.15) is 5.82 Å². The zero-order valence-corrected chi connectivity index (χ0v) is 11.6. The summed E-state index contributed by atoms with van der Waals surface area (Å²) in [6.45, 7) is 0.506. The van der Waals surface area contributed by atoms with Crippen LogP contribution in [0.3, 0.4) is 0 Å². The first-order chi connectivity index (χ1) is 9.24. The van der Waals surface area contributed by atoms with Crippen molar-refractivity contribution in [2.24, 2.45) is 0 Å². The largest absolute Gasteiger partial charge is 0.381 e. The predicted octanol–water partition coefficient (Wildman–Crippen LogP) is 5.31. The van der Waals surface area contributed by atoms with Gasteiger partial charge >= 0.3 is 0 Å². The molecular formula is C15H11ClFNS. The summed E-state index contributed by atoms with van der Waals surface area (Å²) in [5.41, 5.74) is 1.76. The lowest BCUT2D eigenvalue weighted by Crippen LogP contribution is -2.00. The van der Waals surface area contributed by atoms with E-state index in [0.29, 0.717) is 6.54 Å². The van der Waals surface area contributed by atoms with E-state index in [1.54, 1.807) is 17.4 Å². The van der Waals surface area contributed by atoms with Crippen LogP contribution < -0.4 is 5.32 Å². The Morgan fingerprint density at radius 3 is 2.95 bits per heavy atom. The predicted molar refractivity (Wildman–Crippen MR) is 80.6 cm³/mol. The molecule has 0 aliphatic rings. The van der Waals surface area contributed by atoms with Gasteiger partial charge in [-0.25, -0.2) is 4.39 Å². The Hall–Kier alpha value is -1.58. The highest BCUT2D eigenvalue weighted by atomic mass is 35.5. The van der Waals surface area contributed by atoms with Crippen molar-refractivity contribution in [3.05, 3.63) is 64.2 Å². The minimum Gasteiger partial charge on any atom is -0.381 e. The summed E-state index contributed by atoms with van der Waals surface area (Å²) in [5, 5.41) is 6.73. The van der Waals surface area contributed by atoms with Crippen molar-refractivity contribution < 1.29 is 4.39 Å². The van der Waals surface area contributed by atoms with Gasteiger partial charge in [-0.1, -0.05) is 23.7 Å². The zero-order valence-electron chi connectivity index (χ0n) is 9.99. The van der Waals surface area contributed by atoms with Crippen molar-refractivity contribution in [2.45, 2.75) is 6.54 Å². The van der Waals surface area contributed by atoms with Gasteiger partial charge in [0.25, 0.3) is 0 Å². The molecule has 0 spiro atoms. The van der Waals surface area contributed by atoms with Crippen molar-refractivity contribution in [2.75, 3.05) is 5.32 Å². The van der Waals surface area contributed by atoms with E-state index in [2.05, 4.69) is 28.9 Å². The van der Waals surface area contributed by atoms with Crippen LogP contribution in [0.5, 0.6) is 0 Å². The molecule has 0 aliphatic heterocycles. The number of fused-ring (bicyclic) bond motifs is 1. The molecule has 1 heterocycles. The third-order valence-corrected chi connectivity index (χ3v) is 4.29. The summed E-state index contributed by atoms with van der Waals surface area (Å²) in [6.07, 6.45) is 0. The number of hydrogen-bond acceptors (Lipinski definition) is 2. The summed E-state index contributed by atoms with van der Waals surface area (Å²) < 4.78 is 14.6. The lowest BCUT2D eigenvalue weighted by molar-refractivity contribution is 0.626.